The molecular formula is C37H35BrClN5O2S. The summed E-state index contributed by atoms with van der Waals surface area (Å²) in [6.45, 7) is 8.85. The Kier molecular flexibility index (Phi) is 9.77. The van der Waals surface area contributed by atoms with Crippen LogP contribution in [0.25, 0.3) is 0 Å². The van der Waals surface area contributed by atoms with E-state index >= 15 is 0 Å². The standard InChI is InChI=1S/C37H35BrClN5O2S/c1-23-32(34(45)41-28-11-6-5-7-12-28)33(44-35(40-23)42-36(43-44)47-22-25-10-8-9-13-30(25)39)29-20-27(38)18-19-31(29)46-21-24-14-16-26(17-15-24)37(2,3)4/h5-20,33H,21-22H2,1-4H3,(H,41,45)(H,40,42,43). The number of amides is 1. The fourth-order valence-corrected chi connectivity index (χ4v) is 6.87. The van der Waals surface area contributed by atoms with Crippen LogP contribution >= 0.6 is 39.3 Å². The van der Waals surface area contributed by atoms with Gasteiger partial charge < -0.3 is 15.4 Å². The number of nitrogens with zero attached hydrogens (tertiary/aromatic N) is 3. The average molecular weight is 729 g/mol. The van der Waals surface area contributed by atoms with E-state index in [4.69, 9.17) is 26.4 Å². The molecule has 1 aliphatic rings. The largest absolute Gasteiger partial charge is 0.489 e. The number of nitrogens with one attached hydrogen (secondary N) is 2. The fraction of sp³-hybridized carbons (Fsp3) is 0.216. The summed E-state index contributed by atoms with van der Waals surface area (Å²) < 4.78 is 9.12. The minimum absolute atomic E-state index is 0.0637. The SMILES string of the molecule is CC1=C(C(=O)Nc2ccccc2)C(c2cc(Br)ccc2OCc2ccc(C(C)(C)C)cc2)n2nc(SCc3ccccc3Cl)nc2N1. The molecule has 0 spiro atoms. The highest BCUT2D eigenvalue weighted by Crippen LogP contribution is 2.42. The van der Waals surface area contributed by atoms with Gasteiger partial charge in [0.2, 0.25) is 11.1 Å². The molecule has 5 aromatic rings. The Balaban J connectivity index is 1.37. The number of carbonyl (C=O) groups is 1. The van der Waals surface area contributed by atoms with Crippen LogP contribution in [-0.2, 0) is 22.6 Å². The van der Waals surface area contributed by atoms with Crippen molar-refractivity contribution < 1.29 is 9.53 Å². The molecule has 2 heterocycles. The van der Waals surface area contributed by atoms with Gasteiger partial charge in [0.25, 0.3) is 5.91 Å². The van der Waals surface area contributed by atoms with E-state index in [1.807, 2.05) is 79.7 Å². The highest BCUT2D eigenvalue weighted by atomic mass is 79.9. The van der Waals surface area contributed by atoms with E-state index in [-0.39, 0.29) is 11.3 Å². The number of hydrogen-bond acceptors (Lipinski definition) is 6. The molecule has 7 nitrogen and oxygen atoms in total. The highest BCUT2D eigenvalue weighted by molar-refractivity contribution is 9.10. The first kappa shape index (κ1) is 32.9. The molecule has 0 bridgehead atoms. The lowest BCUT2D eigenvalue weighted by atomic mass is 9.87. The molecular weight excluding hydrogens is 694 g/mol. The maximum Gasteiger partial charge on any atom is 0.255 e. The predicted molar refractivity (Wildman–Crippen MR) is 194 cm³/mol. The molecule has 2 N–H and O–H groups in total. The molecule has 240 valence electrons. The van der Waals surface area contributed by atoms with Crippen molar-refractivity contribution in [1.82, 2.24) is 14.8 Å². The maximum absolute atomic E-state index is 14.1. The lowest BCUT2D eigenvalue weighted by molar-refractivity contribution is -0.113. The Labute approximate surface area is 292 Å². The van der Waals surface area contributed by atoms with Crippen molar-refractivity contribution in [1.29, 1.82) is 0 Å². The number of fused-ring (bicyclic) bond motifs is 1. The van der Waals surface area contributed by atoms with Crippen LogP contribution in [0.1, 0.15) is 56.0 Å². The number of allylic oxidation sites excluding steroid dienone is 1. The number of hydrogen-bond donors (Lipinski definition) is 2. The van der Waals surface area contributed by atoms with Crippen LogP contribution in [0.3, 0.4) is 0 Å². The van der Waals surface area contributed by atoms with Crippen LogP contribution in [0.2, 0.25) is 5.02 Å². The number of anilines is 2. The molecule has 1 aromatic heterocycles. The third-order valence-electron chi connectivity index (χ3n) is 7.90. The van der Waals surface area contributed by atoms with Gasteiger partial charge in [-0.1, -0.05) is 121 Å². The second-order valence-corrected chi connectivity index (χ2v) is 14.6. The van der Waals surface area contributed by atoms with E-state index in [1.54, 1.807) is 4.68 Å². The van der Waals surface area contributed by atoms with E-state index in [9.17, 15) is 4.79 Å². The van der Waals surface area contributed by atoms with E-state index in [1.165, 1.54) is 17.3 Å². The number of benzene rings is 4. The monoisotopic (exact) mass is 727 g/mol. The predicted octanol–water partition coefficient (Wildman–Crippen LogP) is 9.79. The van der Waals surface area contributed by atoms with Gasteiger partial charge in [-0.3, -0.25) is 4.79 Å². The molecule has 0 saturated carbocycles. The van der Waals surface area contributed by atoms with Gasteiger partial charge in [0, 0.05) is 32.2 Å². The van der Waals surface area contributed by atoms with Gasteiger partial charge in [0.05, 0.1) is 5.57 Å². The number of thioether (sulfide) groups is 1. The van der Waals surface area contributed by atoms with Crippen LogP contribution in [0, 0.1) is 0 Å². The van der Waals surface area contributed by atoms with Gasteiger partial charge in [-0.15, -0.1) is 5.10 Å². The van der Waals surface area contributed by atoms with Crippen molar-refractivity contribution in [3.05, 3.63) is 140 Å². The van der Waals surface area contributed by atoms with Crippen LogP contribution in [0.5, 0.6) is 5.75 Å². The Hall–Kier alpha value is -4.05. The van der Waals surface area contributed by atoms with Gasteiger partial charge in [0.15, 0.2) is 0 Å². The number of halogens is 2. The van der Waals surface area contributed by atoms with Gasteiger partial charge in [0.1, 0.15) is 18.4 Å². The molecule has 1 unspecified atom stereocenters. The minimum atomic E-state index is -0.632. The molecule has 10 heteroatoms. The van der Waals surface area contributed by atoms with Gasteiger partial charge >= 0.3 is 0 Å². The van der Waals surface area contributed by atoms with E-state index < -0.39 is 6.04 Å². The van der Waals surface area contributed by atoms with Gasteiger partial charge in [-0.25, -0.2) is 4.68 Å². The first-order chi connectivity index (χ1) is 22.6. The Bertz CT molecular complexity index is 1940. The first-order valence-corrected chi connectivity index (χ1v) is 17.4. The van der Waals surface area contributed by atoms with Crippen molar-refractivity contribution in [2.24, 2.45) is 0 Å². The maximum atomic E-state index is 14.1. The molecule has 1 aliphatic heterocycles. The minimum Gasteiger partial charge on any atom is -0.489 e. The zero-order valence-electron chi connectivity index (χ0n) is 26.6. The zero-order chi connectivity index (χ0) is 33.1. The van der Waals surface area contributed by atoms with Crippen molar-refractivity contribution in [3.8, 4) is 5.75 Å². The molecule has 0 saturated heterocycles. The Morgan fingerprint density at radius 1 is 1.02 bits per heavy atom. The lowest BCUT2D eigenvalue weighted by Crippen LogP contribution is -2.31. The number of para-hydroxylation sites is 1. The van der Waals surface area contributed by atoms with Crippen LogP contribution < -0.4 is 15.4 Å². The van der Waals surface area contributed by atoms with Crippen molar-refractivity contribution in [2.75, 3.05) is 10.6 Å². The summed E-state index contributed by atoms with van der Waals surface area (Å²) in [6.07, 6.45) is 0. The Morgan fingerprint density at radius 2 is 1.74 bits per heavy atom. The zero-order valence-corrected chi connectivity index (χ0v) is 29.7. The summed E-state index contributed by atoms with van der Waals surface area (Å²) in [6, 6.07) is 30.9. The number of rotatable bonds is 9. The highest BCUT2D eigenvalue weighted by Gasteiger charge is 2.36. The topological polar surface area (TPSA) is 81.1 Å². The van der Waals surface area contributed by atoms with E-state index in [0.717, 1.165) is 21.2 Å². The normalized spacial score (nSPS) is 14.4. The van der Waals surface area contributed by atoms with E-state index in [0.29, 0.717) is 51.2 Å². The number of aromatic nitrogens is 3. The number of carbonyl (C=O) groups excluding carboxylic acids is 1. The first-order valence-electron chi connectivity index (χ1n) is 15.3. The quantitative estimate of drug-likeness (QED) is 0.147. The second-order valence-electron chi connectivity index (χ2n) is 12.3. The summed E-state index contributed by atoms with van der Waals surface area (Å²) in [4.78, 5) is 18.9. The molecule has 1 atom stereocenters. The van der Waals surface area contributed by atoms with Crippen LogP contribution in [-0.4, -0.2) is 20.7 Å². The second kappa shape index (κ2) is 14.0. The van der Waals surface area contributed by atoms with Crippen molar-refractivity contribution >= 4 is 56.8 Å². The third kappa shape index (κ3) is 7.59. The fourth-order valence-electron chi connectivity index (χ4n) is 5.38. The molecule has 0 radical (unpaired) electrons. The smallest absolute Gasteiger partial charge is 0.255 e. The van der Waals surface area contributed by atoms with Crippen LogP contribution in [0.15, 0.2) is 118 Å². The summed E-state index contributed by atoms with van der Waals surface area (Å²) >= 11 is 11.6. The van der Waals surface area contributed by atoms with Crippen molar-refractivity contribution in [2.45, 2.75) is 56.7 Å². The average Bonchev–Trinajstić information content (AvgIpc) is 3.45. The number of ether oxygens (including phenoxy) is 1. The summed E-state index contributed by atoms with van der Waals surface area (Å²) in [5, 5.41) is 12.6. The molecule has 4 aromatic carbocycles. The molecule has 0 fully saturated rings. The molecule has 0 aliphatic carbocycles. The molecule has 47 heavy (non-hydrogen) atoms. The van der Waals surface area contributed by atoms with Gasteiger partial charge in [-0.2, -0.15) is 4.98 Å². The Morgan fingerprint density at radius 3 is 2.47 bits per heavy atom. The van der Waals surface area contributed by atoms with Crippen molar-refractivity contribution in [3.63, 3.8) is 0 Å². The molecule has 1 amide bonds. The summed E-state index contributed by atoms with van der Waals surface area (Å²) in [7, 11) is 0. The van der Waals surface area contributed by atoms with Crippen LogP contribution in [0.4, 0.5) is 11.6 Å². The summed E-state index contributed by atoms with van der Waals surface area (Å²) in [5.41, 5.74) is 6.02. The third-order valence-corrected chi connectivity index (χ3v) is 9.65. The molecule has 6 rings (SSSR count). The van der Waals surface area contributed by atoms with E-state index in [2.05, 4.69) is 71.6 Å². The lowest BCUT2D eigenvalue weighted by Gasteiger charge is -2.30. The van der Waals surface area contributed by atoms with Gasteiger partial charge in [-0.05, 0) is 65.4 Å². The summed E-state index contributed by atoms with van der Waals surface area (Å²) in [5.74, 6) is 1.53.